The van der Waals surface area contributed by atoms with E-state index in [1.165, 1.54) is 7.05 Å². The van der Waals surface area contributed by atoms with Gasteiger partial charge in [0.25, 0.3) is 0 Å². The SMILES string of the molecule is CNC(=O)C(CO[Si](C)(C)C(C)(C)C)NC(=O)Nc1n[nH]c(=S)s1. The Morgan fingerprint density at radius 1 is 1.42 bits per heavy atom. The fourth-order valence-electron chi connectivity index (χ4n) is 1.44. The van der Waals surface area contributed by atoms with E-state index in [-0.39, 0.29) is 17.6 Å². The van der Waals surface area contributed by atoms with E-state index < -0.39 is 20.4 Å². The van der Waals surface area contributed by atoms with Gasteiger partial charge in [0, 0.05) is 7.05 Å². The van der Waals surface area contributed by atoms with Crippen LogP contribution in [0, 0.1) is 3.95 Å². The van der Waals surface area contributed by atoms with Crippen LogP contribution >= 0.6 is 23.6 Å². The van der Waals surface area contributed by atoms with Gasteiger partial charge in [0.15, 0.2) is 12.3 Å². The summed E-state index contributed by atoms with van der Waals surface area (Å²) in [5.74, 6) is -0.321. The molecule has 136 valence electrons. The summed E-state index contributed by atoms with van der Waals surface area (Å²) in [5, 5.41) is 14.4. The van der Waals surface area contributed by atoms with Crippen LogP contribution in [-0.2, 0) is 9.22 Å². The van der Waals surface area contributed by atoms with Crippen LogP contribution in [0.1, 0.15) is 20.8 Å². The van der Waals surface area contributed by atoms with Gasteiger partial charge >= 0.3 is 6.03 Å². The van der Waals surface area contributed by atoms with Crippen LogP contribution in [0.25, 0.3) is 0 Å². The smallest absolute Gasteiger partial charge is 0.321 e. The van der Waals surface area contributed by atoms with Crippen LogP contribution in [0.5, 0.6) is 0 Å². The first-order valence-electron chi connectivity index (χ1n) is 7.45. The molecule has 1 heterocycles. The van der Waals surface area contributed by atoms with Crippen LogP contribution < -0.4 is 16.0 Å². The van der Waals surface area contributed by atoms with Crippen molar-refractivity contribution in [3.63, 3.8) is 0 Å². The van der Waals surface area contributed by atoms with Gasteiger partial charge in [-0.25, -0.2) is 4.79 Å². The predicted octanol–water partition coefficient (Wildman–Crippen LogP) is 2.46. The van der Waals surface area contributed by atoms with Crippen molar-refractivity contribution in [2.45, 2.75) is 44.9 Å². The molecule has 0 aliphatic carbocycles. The fourth-order valence-corrected chi connectivity index (χ4v) is 3.24. The Kier molecular flexibility index (Phi) is 7.07. The first-order valence-corrected chi connectivity index (χ1v) is 11.6. The number of H-pyrrole nitrogens is 1. The van der Waals surface area contributed by atoms with E-state index >= 15 is 0 Å². The number of carbonyl (C=O) groups excluding carboxylic acids is 2. The molecule has 3 amide bonds. The molecule has 8 nitrogen and oxygen atoms in total. The van der Waals surface area contributed by atoms with Crippen molar-refractivity contribution in [3.05, 3.63) is 3.95 Å². The number of anilines is 1. The van der Waals surface area contributed by atoms with Gasteiger partial charge in [-0.2, -0.15) is 0 Å². The van der Waals surface area contributed by atoms with Crippen molar-refractivity contribution in [2.24, 2.45) is 0 Å². The average Bonchev–Trinajstić information content (AvgIpc) is 2.86. The third-order valence-corrected chi connectivity index (χ3v) is 9.45. The molecule has 0 spiro atoms. The van der Waals surface area contributed by atoms with Crippen molar-refractivity contribution < 1.29 is 14.0 Å². The van der Waals surface area contributed by atoms with Gasteiger partial charge in [-0.3, -0.25) is 15.2 Å². The molecule has 1 unspecified atom stereocenters. The molecule has 0 aromatic carbocycles. The molecule has 1 rings (SSSR count). The number of amides is 3. The summed E-state index contributed by atoms with van der Waals surface area (Å²) in [4.78, 5) is 24.1. The Balaban J connectivity index is 2.70. The van der Waals surface area contributed by atoms with E-state index in [0.717, 1.165) is 11.3 Å². The minimum Gasteiger partial charge on any atom is -0.414 e. The van der Waals surface area contributed by atoms with Crippen LogP contribution in [0.4, 0.5) is 9.93 Å². The highest BCUT2D eigenvalue weighted by molar-refractivity contribution is 7.73. The third-order valence-electron chi connectivity index (χ3n) is 3.94. The fraction of sp³-hybridized carbons (Fsp3) is 0.692. The zero-order valence-corrected chi connectivity index (χ0v) is 17.4. The summed E-state index contributed by atoms with van der Waals surface area (Å²) < 4.78 is 6.49. The van der Waals surface area contributed by atoms with Gasteiger partial charge < -0.3 is 15.1 Å². The Morgan fingerprint density at radius 2 is 2.04 bits per heavy atom. The maximum absolute atomic E-state index is 12.0. The van der Waals surface area contributed by atoms with E-state index in [0.29, 0.717) is 9.09 Å². The van der Waals surface area contributed by atoms with Crippen molar-refractivity contribution in [1.82, 2.24) is 20.8 Å². The summed E-state index contributed by atoms with van der Waals surface area (Å²) in [6.45, 7) is 10.6. The number of nitrogens with zero attached hydrogens (tertiary/aromatic N) is 1. The van der Waals surface area contributed by atoms with E-state index in [4.69, 9.17) is 16.6 Å². The van der Waals surface area contributed by atoms with E-state index in [2.05, 4.69) is 60.0 Å². The molecule has 0 saturated heterocycles. The summed E-state index contributed by atoms with van der Waals surface area (Å²) in [6, 6.07) is -1.34. The first-order chi connectivity index (χ1) is 11.0. The number of aromatic nitrogens is 2. The highest BCUT2D eigenvalue weighted by Crippen LogP contribution is 2.36. The van der Waals surface area contributed by atoms with Gasteiger partial charge in [0.2, 0.25) is 11.0 Å². The number of carbonyl (C=O) groups is 2. The molecule has 1 aromatic heterocycles. The molecule has 4 N–H and O–H groups in total. The molecule has 0 fully saturated rings. The molecule has 0 saturated carbocycles. The largest absolute Gasteiger partial charge is 0.414 e. The summed E-state index contributed by atoms with van der Waals surface area (Å²) >= 11 is 6.03. The molecule has 24 heavy (non-hydrogen) atoms. The quantitative estimate of drug-likeness (QED) is 0.440. The van der Waals surface area contributed by atoms with Gasteiger partial charge in [0.05, 0.1) is 6.61 Å². The summed E-state index contributed by atoms with van der Waals surface area (Å²) in [6.07, 6.45) is 0. The lowest BCUT2D eigenvalue weighted by atomic mass is 10.2. The summed E-state index contributed by atoms with van der Waals surface area (Å²) in [5.41, 5.74) is 0. The molecular formula is C13H25N5O3S2Si. The normalized spacial score (nSPS) is 13.2. The maximum Gasteiger partial charge on any atom is 0.321 e. The first kappa shape index (κ1) is 20.7. The predicted molar refractivity (Wildman–Crippen MR) is 100 cm³/mol. The zero-order chi connectivity index (χ0) is 18.5. The Hall–Kier alpha value is -1.30. The second kappa shape index (κ2) is 8.19. The molecule has 0 bridgehead atoms. The van der Waals surface area contributed by atoms with Gasteiger partial charge in [0.1, 0.15) is 6.04 Å². The molecule has 1 aromatic rings. The lowest BCUT2D eigenvalue weighted by Crippen LogP contribution is -2.52. The van der Waals surface area contributed by atoms with Crippen LogP contribution in [-0.4, -0.2) is 50.1 Å². The minimum atomic E-state index is -2.03. The number of likely N-dealkylation sites (N-methyl/N-ethyl adjacent to an activating group) is 1. The van der Waals surface area contributed by atoms with Crippen LogP contribution in [0.15, 0.2) is 0 Å². The number of urea groups is 1. The van der Waals surface area contributed by atoms with Crippen molar-refractivity contribution in [2.75, 3.05) is 19.0 Å². The number of aromatic amines is 1. The highest BCUT2D eigenvalue weighted by atomic mass is 32.1. The van der Waals surface area contributed by atoms with E-state index in [9.17, 15) is 9.59 Å². The molecular weight excluding hydrogens is 366 g/mol. The Labute approximate surface area is 151 Å². The second-order valence-corrected chi connectivity index (χ2v) is 13.2. The van der Waals surface area contributed by atoms with E-state index in [1.54, 1.807) is 0 Å². The topological polar surface area (TPSA) is 108 Å². The Morgan fingerprint density at radius 3 is 2.50 bits per heavy atom. The van der Waals surface area contributed by atoms with Gasteiger partial charge in [-0.1, -0.05) is 32.1 Å². The van der Waals surface area contributed by atoms with Crippen LogP contribution in [0.3, 0.4) is 0 Å². The number of hydrogen-bond acceptors (Lipinski definition) is 6. The molecule has 0 radical (unpaired) electrons. The minimum absolute atomic E-state index is 0.0130. The van der Waals surface area contributed by atoms with Gasteiger partial charge in [-0.15, -0.1) is 5.10 Å². The van der Waals surface area contributed by atoms with Crippen molar-refractivity contribution >= 4 is 48.9 Å². The second-order valence-electron chi connectivity index (χ2n) is 6.75. The molecule has 1 atom stereocenters. The maximum atomic E-state index is 12.0. The molecule has 0 aliphatic rings. The highest BCUT2D eigenvalue weighted by Gasteiger charge is 2.38. The molecule has 0 aliphatic heterocycles. The molecule has 11 heteroatoms. The van der Waals surface area contributed by atoms with Crippen LogP contribution in [0.2, 0.25) is 18.1 Å². The standard InChI is InChI=1S/C13H25N5O3S2Si/c1-13(2,3)24(5,6)21-7-8(9(19)14-4)15-10(20)16-11-17-18-12(22)23-11/h8H,7H2,1-6H3,(H,14,19)(H,18,22)(H2,15,16,17,20). The van der Waals surface area contributed by atoms with E-state index in [1.807, 2.05) is 0 Å². The lowest BCUT2D eigenvalue weighted by molar-refractivity contribution is -0.123. The lowest BCUT2D eigenvalue weighted by Gasteiger charge is -2.37. The number of nitrogens with one attached hydrogen (secondary N) is 4. The number of rotatable bonds is 6. The Bertz CT molecular complexity index is 638. The monoisotopic (exact) mass is 391 g/mol. The number of hydrogen-bond donors (Lipinski definition) is 4. The van der Waals surface area contributed by atoms with Crippen molar-refractivity contribution in [1.29, 1.82) is 0 Å². The zero-order valence-electron chi connectivity index (χ0n) is 14.8. The van der Waals surface area contributed by atoms with Crippen molar-refractivity contribution in [3.8, 4) is 0 Å². The van der Waals surface area contributed by atoms with Gasteiger partial charge in [-0.05, 0) is 30.4 Å². The summed E-state index contributed by atoms with van der Waals surface area (Å²) in [7, 11) is -0.514. The average molecular weight is 392 g/mol. The third kappa shape index (κ3) is 5.96.